The summed E-state index contributed by atoms with van der Waals surface area (Å²) in [6.45, 7) is 11.4. The Labute approximate surface area is 178 Å². The summed E-state index contributed by atoms with van der Waals surface area (Å²) in [6.07, 6.45) is 1.10. The molecule has 0 saturated carbocycles. The molecule has 0 unspecified atom stereocenters. The Balaban J connectivity index is 0.000000346. The first-order valence-electron chi connectivity index (χ1n) is 9.66. The zero-order valence-corrected chi connectivity index (χ0v) is 18.1. The van der Waals surface area contributed by atoms with E-state index < -0.39 is 17.7 Å². The first-order valence-corrected chi connectivity index (χ1v) is 9.66. The van der Waals surface area contributed by atoms with Gasteiger partial charge in [-0.05, 0) is 45.4 Å². The van der Waals surface area contributed by atoms with E-state index in [1.807, 2.05) is 54.6 Å². The summed E-state index contributed by atoms with van der Waals surface area (Å²) in [7, 11) is 0. The van der Waals surface area contributed by atoms with Crippen LogP contribution in [0.2, 0.25) is 0 Å². The number of ether oxygens (including phenoxy) is 3. The molecule has 2 aromatic carbocycles. The molecule has 6 nitrogen and oxygen atoms in total. The van der Waals surface area contributed by atoms with E-state index in [-0.39, 0.29) is 13.2 Å². The summed E-state index contributed by atoms with van der Waals surface area (Å²) < 4.78 is 15.3. The molecule has 0 bridgehead atoms. The van der Waals surface area contributed by atoms with Crippen LogP contribution >= 0.6 is 0 Å². The quantitative estimate of drug-likeness (QED) is 0.521. The maximum atomic E-state index is 11.4. The van der Waals surface area contributed by atoms with E-state index in [2.05, 4.69) is 18.8 Å². The SMILES string of the molecule is C=CCOc1ccc(C)cc1.CC(C)(C)OC(=O)NCC(=O)OCc1ccccc1. The Kier molecular flexibility index (Phi) is 10.8. The van der Waals surface area contributed by atoms with Crippen molar-refractivity contribution in [3.05, 3.63) is 78.4 Å². The average molecular weight is 414 g/mol. The second kappa shape index (κ2) is 13.0. The van der Waals surface area contributed by atoms with Crippen LogP contribution in [0.3, 0.4) is 0 Å². The van der Waals surface area contributed by atoms with Crippen LogP contribution in [0.25, 0.3) is 0 Å². The maximum absolute atomic E-state index is 11.4. The van der Waals surface area contributed by atoms with Crippen molar-refractivity contribution in [1.82, 2.24) is 5.32 Å². The first kappa shape index (κ1) is 24.8. The molecule has 0 fully saturated rings. The van der Waals surface area contributed by atoms with Crippen LogP contribution in [0.4, 0.5) is 4.79 Å². The lowest BCUT2D eigenvalue weighted by Crippen LogP contribution is -2.36. The largest absolute Gasteiger partial charge is 0.490 e. The van der Waals surface area contributed by atoms with Crippen LogP contribution in [0.15, 0.2) is 67.3 Å². The van der Waals surface area contributed by atoms with E-state index >= 15 is 0 Å². The van der Waals surface area contributed by atoms with Gasteiger partial charge in [-0.3, -0.25) is 4.79 Å². The van der Waals surface area contributed by atoms with Crippen LogP contribution in [-0.2, 0) is 20.9 Å². The topological polar surface area (TPSA) is 73.9 Å². The van der Waals surface area contributed by atoms with Crippen molar-refractivity contribution < 1.29 is 23.8 Å². The molecule has 0 aliphatic carbocycles. The van der Waals surface area contributed by atoms with Gasteiger partial charge in [-0.1, -0.05) is 60.7 Å². The van der Waals surface area contributed by atoms with Crippen molar-refractivity contribution in [2.24, 2.45) is 0 Å². The van der Waals surface area contributed by atoms with Crippen molar-refractivity contribution in [1.29, 1.82) is 0 Å². The molecule has 0 radical (unpaired) electrons. The number of hydrogen-bond acceptors (Lipinski definition) is 5. The molecule has 0 heterocycles. The molecule has 162 valence electrons. The van der Waals surface area contributed by atoms with Gasteiger partial charge in [-0.2, -0.15) is 0 Å². The van der Waals surface area contributed by atoms with Crippen molar-refractivity contribution in [2.75, 3.05) is 13.2 Å². The summed E-state index contributed by atoms with van der Waals surface area (Å²) in [4.78, 5) is 22.7. The molecule has 0 atom stereocenters. The van der Waals surface area contributed by atoms with Gasteiger partial charge in [-0.15, -0.1) is 0 Å². The number of hydrogen-bond donors (Lipinski definition) is 1. The number of alkyl carbamates (subject to hydrolysis) is 1. The van der Waals surface area contributed by atoms with Crippen molar-refractivity contribution in [3.8, 4) is 5.75 Å². The summed E-state index contributed by atoms with van der Waals surface area (Å²) in [5.74, 6) is 0.394. The smallest absolute Gasteiger partial charge is 0.408 e. The highest BCUT2D eigenvalue weighted by atomic mass is 16.6. The highest BCUT2D eigenvalue weighted by Crippen LogP contribution is 2.10. The fourth-order valence-electron chi connectivity index (χ4n) is 2.04. The van der Waals surface area contributed by atoms with Crippen molar-refractivity contribution >= 4 is 12.1 Å². The molecule has 1 amide bonds. The Morgan fingerprint density at radius 3 is 2.23 bits per heavy atom. The predicted octanol–water partition coefficient (Wildman–Crippen LogP) is 4.81. The molecule has 6 heteroatoms. The molecule has 0 spiro atoms. The molecule has 30 heavy (non-hydrogen) atoms. The lowest BCUT2D eigenvalue weighted by molar-refractivity contribution is -0.143. The highest BCUT2D eigenvalue weighted by molar-refractivity contribution is 5.78. The van der Waals surface area contributed by atoms with Gasteiger partial charge in [0.05, 0.1) is 0 Å². The highest BCUT2D eigenvalue weighted by Gasteiger charge is 2.16. The van der Waals surface area contributed by atoms with E-state index in [0.717, 1.165) is 11.3 Å². The summed E-state index contributed by atoms with van der Waals surface area (Å²) in [6, 6.07) is 17.3. The molecular formula is C24H31NO5. The second-order valence-electron chi connectivity index (χ2n) is 7.41. The normalized spacial score (nSPS) is 10.1. The van der Waals surface area contributed by atoms with Crippen molar-refractivity contribution in [3.63, 3.8) is 0 Å². The minimum atomic E-state index is -0.635. The molecule has 2 aromatic rings. The van der Waals surface area contributed by atoms with Gasteiger partial charge in [0.1, 0.15) is 31.1 Å². The predicted molar refractivity (Wildman–Crippen MR) is 117 cm³/mol. The van der Waals surface area contributed by atoms with Gasteiger partial charge in [0.25, 0.3) is 0 Å². The van der Waals surface area contributed by atoms with E-state index in [1.165, 1.54) is 5.56 Å². The molecule has 1 N–H and O–H groups in total. The zero-order valence-electron chi connectivity index (χ0n) is 18.1. The van der Waals surface area contributed by atoms with Gasteiger partial charge in [0, 0.05) is 0 Å². The van der Waals surface area contributed by atoms with E-state index in [0.29, 0.717) is 6.61 Å². The van der Waals surface area contributed by atoms with Crippen LogP contribution in [-0.4, -0.2) is 30.8 Å². The number of rotatable bonds is 7. The number of carbonyl (C=O) groups excluding carboxylic acids is 2. The van der Waals surface area contributed by atoms with Crippen LogP contribution in [0.5, 0.6) is 5.75 Å². The number of amides is 1. The van der Waals surface area contributed by atoms with Crippen LogP contribution < -0.4 is 10.1 Å². The van der Waals surface area contributed by atoms with Gasteiger partial charge >= 0.3 is 12.1 Å². The standard InChI is InChI=1S/C14H19NO4.C10H12O/c1-14(2,3)19-13(17)15-9-12(16)18-10-11-7-5-4-6-8-11;1-3-8-11-10-6-4-9(2)5-7-10/h4-8H,9-10H2,1-3H3,(H,15,17);3-7H,1,8H2,2H3. The lowest BCUT2D eigenvalue weighted by Gasteiger charge is -2.19. The Hall–Kier alpha value is -3.28. The van der Waals surface area contributed by atoms with E-state index in [1.54, 1.807) is 26.8 Å². The van der Waals surface area contributed by atoms with Gasteiger partial charge in [-0.25, -0.2) is 4.79 Å². The number of esters is 1. The van der Waals surface area contributed by atoms with E-state index in [9.17, 15) is 9.59 Å². The van der Waals surface area contributed by atoms with Gasteiger partial charge < -0.3 is 19.5 Å². The Bertz CT molecular complexity index is 779. The zero-order chi connectivity index (χ0) is 22.4. The third-order valence-electron chi connectivity index (χ3n) is 3.41. The fourth-order valence-corrected chi connectivity index (χ4v) is 2.04. The molecule has 2 rings (SSSR count). The van der Waals surface area contributed by atoms with E-state index in [4.69, 9.17) is 14.2 Å². The maximum Gasteiger partial charge on any atom is 0.408 e. The molecule has 0 aliphatic rings. The number of carbonyl (C=O) groups is 2. The monoisotopic (exact) mass is 413 g/mol. The third kappa shape index (κ3) is 12.2. The molecule has 0 aliphatic heterocycles. The van der Waals surface area contributed by atoms with Crippen LogP contribution in [0.1, 0.15) is 31.9 Å². The fraction of sp³-hybridized carbons (Fsp3) is 0.333. The molecule has 0 aromatic heterocycles. The Morgan fingerprint density at radius 2 is 1.67 bits per heavy atom. The minimum Gasteiger partial charge on any atom is -0.490 e. The minimum absolute atomic E-state index is 0.190. The Morgan fingerprint density at radius 1 is 1.03 bits per heavy atom. The lowest BCUT2D eigenvalue weighted by atomic mass is 10.2. The summed E-state index contributed by atoms with van der Waals surface area (Å²) >= 11 is 0. The number of nitrogens with one attached hydrogen (secondary N) is 1. The number of aryl methyl sites for hydroxylation is 1. The third-order valence-corrected chi connectivity index (χ3v) is 3.41. The van der Waals surface area contributed by atoms with Gasteiger partial charge in [0.2, 0.25) is 0 Å². The average Bonchev–Trinajstić information content (AvgIpc) is 2.70. The molecule has 0 saturated heterocycles. The van der Waals surface area contributed by atoms with Gasteiger partial charge in [0.15, 0.2) is 0 Å². The summed E-state index contributed by atoms with van der Waals surface area (Å²) in [5.41, 5.74) is 1.56. The van der Waals surface area contributed by atoms with Crippen LogP contribution in [0, 0.1) is 6.92 Å². The first-order chi connectivity index (χ1) is 14.2. The molecular weight excluding hydrogens is 382 g/mol. The number of benzene rings is 2. The van der Waals surface area contributed by atoms with Crippen molar-refractivity contribution in [2.45, 2.75) is 39.9 Å². The summed E-state index contributed by atoms with van der Waals surface area (Å²) in [5, 5.41) is 2.34. The second-order valence-corrected chi connectivity index (χ2v) is 7.41.